The molecule has 18 heavy (non-hydrogen) atoms. The lowest BCUT2D eigenvalue weighted by molar-refractivity contribution is 0.278. The van der Waals surface area contributed by atoms with E-state index in [1.54, 1.807) is 19.1 Å². The maximum atomic E-state index is 13.0. The lowest BCUT2D eigenvalue weighted by atomic mass is 9.87. The first-order valence-corrected chi connectivity index (χ1v) is 6.54. The molecule has 3 heteroatoms. The molecule has 0 saturated heterocycles. The fourth-order valence-corrected chi connectivity index (χ4v) is 1.70. The maximum absolute atomic E-state index is 13.0. The van der Waals surface area contributed by atoms with Crippen molar-refractivity contribution in [2.45, 2.75) is 40.0 Å². The summed E-state index contributed by atoms with van der Waals surface area (Å²) >= 11 is 0. The Balaban J connectivity index is 2.24. The molecular formula is C15H24FNO. The molecule has 0 spiro atoms. The van der Waals surface area contributed by atoms with E-state index in [0.29, 0.717) is 18.7 Å². The van der Waals surface area contributed by atoms with Gasteiger partial charge in [-0.15, -0.1) is 0 Å². The highest BCUT2D eigenvalue weighted by Crippen LogP contribution is 2.21. The summed E-state index contributed by atoms with van der Waals surface area (Å²) in [6, 6.07) is 4.85. The summed E-state index contributed by atoms with van der Waals surface area (Å²) in [5.41, 5.74) is 6.51. The highest BCUT2D eigenvalue weighted by molar-refractivity contribution is 5.28. The molecule has 0 radical (unpaired) electrons. The third kappa shape index (κ3) is 5.05. The van der Waals surface area contributed by atoms with Crippen molar-refractivity contribution < 1.29 is 9.13 Å². The fraction of sp³-hybridized carbons (Fsp3) is 0.600. The summed E-state index contributed by atoms with van der Waals surface area (Å²) in [7, 11) is 0. The van der Waals surface area contributed by atoms with Crippen LogP contribution < -0.4 is 10.5 Å². The van der Waals surface area contributed by atoms with Gasteiger partial charge in [0.15, 0.2) is 0 Å². The number of aryl methyl sites for hydroxylation is 1. The van der Waals surface area contributed by atoms with Crippen molar-refractivity contribution in [3.05, 3.63) is 29.6 Å². The van der Waals surface area contributed by atoms with Crippen LogP contribution in [0.15, 0.2) is 18.2 Å². The lowest BCUT2D eigenvalue weighted by Gasteiger charge is -2.21. The molecule has 1 aromatic rings. The van der Waals surface area contributed by atoms with Crippen LogP contribution in [0.25, 0.3) is 0 Å². The summed E-state index contributed by atoms with van der Waals surface area (Å²) in [4.78, 5) is 0. The summed E-state index contributed by atoms with van der Waals surface area (Å²) < 4.78 is 18.6. The SMILES string of the molecule is Cc1cc(OCCCCC(C)(C)CN)ccc1F. The Bertz CT molecular complexity index is 377. The number of hydrogen-bond acceptors (Lipinski definition) is 2. The van der Waals surface area contributed by atoms with Gasteiger partial charge in [0.05, 0.1) is 6.61 Å². The Labute approximate surface area is 109 Å². The molecule has 0 aliphatic carbocycles. The van der Waals surface area contributed by atoms with Gasteiger partial charge < -0.3 is 10.5 Å². The van der Waals surface area contributed by atoms with Crippen LogP contribution in [0.4, 0.5) is 4.39 Å². The topological polar surface area (TPSA) is 35.2 Å². The zero-order valence-corrected chi connectivity index (χ0v) is 11.6. The van der Waals surface area contributed by atoms with Crippen molar-refractivity contribution in [1.82, 2.24) is 0 Å². The first-order chi connectivity index (χ1) is 8.44. The Hall–Kier alpha value is -1.09. The van der Waals surface area contributed by atoms with Gasteiger partial charge in [-0.2, -0.15) is 0 Å². The van der Waals surface area contributed by atoms with Gasteiger partial charge in [-0.05, 0) is 61.9 Å². The summed E-state index contributed by atoms with van der Waals surface area (Å²) in [5.74, 6) is 0.555. The quantitative estimate of drug-likeness (QED) is 0.752. The molecule has 1 aromatic carbocycles. The number of ether oxygens (including phenoxy) is 1. The number of unbranched alkanes of at least 4 members (excludes halogenated alkanes) is 1. The maximum Gasteiger partial charge on any atom is 0.126 e. The van der Waals surface area contributed by atoms with Crippen LogP contribution in [0, 0.1) is 18.2 Å². The molecule has 0 fully saturated rings. The van der Waals surface area contributed by atoms with Crippen LogP contribution >= 0.6 is 0 Å². The van der Waals surface area contributed by atoms with E-state index in [1.165, 1.54) is 6.07 Å². The van der Waals surface area contributed by atoms with Crippen molar-refractivity contribution in [3.63, 3.8) is 0 Å². The van der Waals surface area contributed by atoms with Gasteiger partial charge in [0.25, 0.3) is 0 Å². The number of rotatable bonds is 7. The second-order valence-electron chi connectivity index (χ2n) is 5.58. The van der Waals surface area contributed by atoms with Gasteiger partial charge in [0, 0.05) is 0 Å². The van der Waals surface area contributed by atoms with Gasteiger partial charge >= 0.3 is 0 Å². The molecule has 0 saturated carbocycles. The van der Waals surface area contributed by atoms with Crippen molar-refractivity contribution in [1.29, 1.82) is 0 Å². The smallest absolute Gasteiger partial charge is 0.126 e. The van der Waals surface area contributed by atoms with Gasteiger partial charge in [0.1, 0.15) is 11.6 Å². The van der Waals surface area contributed by atoms with Crippen LogP contribution in [0.1, 0.15) is 38.7 Å². The van der Waals surface area contributed by atoms with Crippen LogP contribution in [0.2, 0.25) is 0 Å². The van der Waals surface area contributed by atoms with E-state index in [-0.39, 0.29) is 11.2 Å². The molecule has 2 N–H and O–H groups in total. The van der Waals surface area contributed by atoms with E-state index in [2.05, 4.69) is 13.8 Å². The summed E-state index contributed by atoms with van der Waals surface area (Å²) in [6.07, 6.45) is 3.21. The molecule has 0 aliphatic rings. The zero-order valence-electron chi connectivity index (χ0n) is 11.6. The normalized spacial score (nSPS) is 11.6. The Morgan fingerprint density at radius 3 is 2.61 bits per heavy atom. The number of nitrogens with two attached hydrogens (primary N) is 1. The molecular weight excluding hydrogens is 229 g/mol. The predicted octanol–water partition coefficient (Wildman–Crippen LogP) is 3.67. The minimum atomic E-state index is -0.188. The van der Waals surface area contributed by atoms with Crippen LogP contribution in [0.3, 0.4) is 0 Å². The molecule has 0 amide bonds. The minimum Gasteiger partial charge on any atom is -0.494 e. The average Bonchev–Trinajstić information content (AvgIpc) is 2.33. The van der Waals surface area contributed by atoms with E-state index in [1.807, 2.05) is 0 Å². The van der Waals surface area contributed by atoms with Crippen molar-refractivity contribution in [2.75, 3.05) is 13.2 Å². The van der Waals surface area contributed by atoms with Crippen molar-refractivity contribution >= 4 is 0 Å². The second kappa shape index (κ2) is 6.74. The number of hydrogen-bond donors (Lipinski definition) is 1. The predicted molar refractivity (Wildman–Crippen MR) is 73.3 cm³/mol. The number of halogens is 1. The molecule has 102 valence electrons. The molecule has 2 nitrogen and oxygen atoms in total. The van der Waals surface area contributed by atoms with E-state index in [0.717, 1.165) is 25.0 Å². The van der Waals surface area contributed by atoms with E-state index in [4.69, 9.17) is 10.5 Å². The van der Waals surface area contributed by atoms with Crippen LogP contribution in [-0.4, -0.2) is 13.2 Å². The Morgan fingerprint density at radius 1 is 1.28 bits per heavy atom. The van der Waals surface area contributed by atoms with Crippen molar-refractivity contribution in [3.8, 4) is 5.75 Å². The molecule has 0 unspecified atom stereocenters. The van der Waals surface area contributed by atoms with Crippen LogP contribution in [-0.2, 0) is 0 Å². The van der Waals surface area contributed by atoms with Crippen molar-refractivity contribution in [2.24, 2.45) is 11.1 Å². The lowest BCUT2D eigenvalue weighted by Crippen LogP contribution is -2.23. The summed E-state index contributed by atoms with van der Waals surface area (Å²) in [5, 5.41) is 0. The average molecular weight is 253 g/mol. The molecule has 0 heterocycles. The molecule has 0 aliphatic heterocycles. The van der Waals surface area contributed by atoms with Gasteiger partial charge in [-0.3, -0.25) is 0 Å². The first kappa shape index (κ1) is 15.0. The number of benzene rings is 1. The van der Waals surface area contributed by atoms with E-state index >= 15 is 0 Å². The Kier molecular flexibility index (Phi) is 5.60. The highest BCUT2D eigenvalue weighted by Gasteiger charge is 2.14. The first-order valence-electron chi connectivity index (χ1n) is 6.54. The largest absolute Gasteiger partial charge is 0.494 e. The summed E-state index contributed by atoms with van der Waals surface area (Å²) in [6.45, 7) is 7.48. The third-order valence-corrected chi connectivity index (χ3v) is 3.20. The van der Waals surface area contributed by atoms with E-state index < -0.39 is 0 Å². The monoisotopic (exact) mass is 253 g/mol. The standard InChI is InChI=1S/C15H24FNO/c1-12-10-13(6-7-14(12)16)18-9-5-4-8-15(2,3)11-17/h6-7,10H,4-5,8-9,11,17H2,1-3H3. The highest BCUT2D eigenvalue weighted by atomic mass is 19.1. The third-order valence-electron chi connectivity index (χ3n) is 3.20. The van der Waals surface area contributed by atoms with Gasteiger partial charge in [0.2, 0.25) is 0 Å². The second-order valence-corrected chi connectivity index (χ2v) is 5.58. The van der Waals surface area contributed by atoms with Crippen LogP contribution in [0.5, 0.6) is 5.75 Å². The molecule has 0 atom stereocenters. The van der Waals surface area contributed by atoms with Gasteiger partial charge in [-0.1, -0.05) is 13.8 Å². The minimum absolute atomic E-state index is 0.188. The fourth-order valence-electron chi connectivity index (χ4n) is 1.70. The molecule has 0 aromatic heterocycles. The zero-order chi connectivity index (χ0) is 13.6. The molecule has 1 rings (SSSR count). The van der Waals surface area contributed by atoms with Gasteiger partial charge in [-0.25, -0.2) is 4.39 Å². The van der Waals surface area contributed by atoms with E-state index in [9.17, 15) is 4.39 Å². The molecule has 0 bridgehead atoms. The Morgan fingerprint density at radius 2 is 2.00 bits per heavy atom.